The summed E-state index contributed by atoms with van der Waals surface area (Å²) in [4.78, 5) is 0. The van der Waals surface area contributed by atoms with Gasteiger partial charge in [-0.2, -0.15) is 0 Å². The van der Waals surface area contributed by atoms with E-state index in [0.717, 1.165) is 19.4 Å². The first-order valence-electron chi connectivity index (χ1n) is 8.15. The molecule has 0 aliphatic heterocycles. The molecule has 2 N–H and O–H groups in total. The van der Waals surface area contributed by atoms with E-state index in [1.165, 1.54) is 12.0 Å². The number of benzene rings is 1. The standard InChI is InChI=1S/C18H27Cl2NO/c1-12-6-7-18(11-21-3,15(10-22)13(2)8-12)14-4-5-16(19)17(20)9-14/h4-5,9,12-13,15,21-22H,6-8,10-11H2,1-3H3. The summed E-state index contributed by atoms with van der Waals surface area (Å²) < 4.78 is 0. The van der Waals surface area contributed by atoms with E-state index in [2.05, 4.69) is 25.2 Å². The zero-order valence-electron chi connectivity index (χ0n) is 13.7. The summed E-state index contributed by atoms with van der Waals surface area (Å²) in [6.07, 6.45) is 3.39. The Kier molecular flexibility index (Phi) is 6.18. The van der Waals surface area contributed by atoms with Crippen LogP contribution in [-0.2, 0) is 5.41 Å². The van der Waals surface area contributed by atoms with Crippen molar-refractivity contribution in [1.29, 1.82) is 0 Å². The second kappa shape index (κ2) is 7.53. The minimum Gasteiger partial charge on any atom is -0.396 e. The largest absolute Gasteiger partial charge is 0.396 e. The van der Waals surface area contributed by atoms with Gasteiger partial charge in [-0.15, -0.1) is 0 Å². The fourth-order valence-corrected chi connectivity index (χ4v) is 4.60. The number of hydrogen-bond acceptors (Lipinski definition) is 2. The van der Waals surface area contributed by atoms with E-state index in [-0.39, 0.29) is 17.9 Å². The minimum atomic E-state index is -0.0953. The summed E-state index contributed by atoms with van der Waals surface area (Å²) in [6.45, 7) is 5.63. The summed E-state index contributed by atoms with van der Waals surface area (Å²) in [6, 6.07) is 5.95. The number of nitrogens with one attached hydrogen (secondary N) is 1. The maximum absolute atomic E-state index is 10.1. The molecule has 1 aliphatic carbocycles. The van der Waals surface area contributed by atoms with Gasteiger partial charge in [0.2, 0.25) is 0 Å². The SMILES string of the molecule is CNCC1(c2ccc(Cl)c(Cl)c2)CCC(C)CC(C)C1CO. The topological polar surface area (TPSA) is 32.3 Å². The Morgan fingerprint density at radius 3 is 2.59 bits per heavy atom. The predicted molar refractivity (Wildman–Crippen MR) is 94.8 cm³/mol. The molecule has 2 nitrogen and oxygen atoms in total. The van der Waals surface area contributed by atoms with Crippen LogP contribution in [0.5, 0.6) is 0 Å². The Bertz CT molecular complexity index is 508. The van der Waals surface area contributed by atoms with Gasteiger partial charge in [-0.1, -0.05) is 43.1 Å². The van der Waals surface area contributed by atoms with Crippen LogP contribution in [0.25, 0.3) is 0 Å². The van der Waals surface area contributed by atoms with E-state index >= 15 is 0 Å². The van der Waals surface area contributed by atoms with Crippen LogP contribution in [-0.4, -0.2) is 25.3 Å². The summed E-state index contributed by atoms with van der Waals surface area (Å²) in [5.41, 5.74) is 1.10. The first kappa shape index (κ1) is 18.1. The third-order valence-electron chi connectivity index (χ3n) is 5.44. The summed E-state index contributed by atoms with van der Waals surface area (Å²) in [5.74, 6) is 1.39. The van der Waals surface area contributed by atoms with Gasteiger partial charge in [0.1, 0.15) is 0 Å². The molecular weight excluding hydrogens is 317 g/mol. The zero-order chi connectivity index (χ0) is 16.3. The van der Waals surface area contributed by atoms with E-state index in [4.69, 9.17) is 23.2 Å². The molecule has 0 aromatic heterocycles. The molecule has 0 heterocycles. The smallest absolute Gasteiger partial charge is 0.0595 e. The fraction of sp³-hybridized carbons (Fsp3) is 0.667. The molecule has 1 fully saturated rings. The third-order valence-corrected chi connectivity index (χ3v) is 6.18. The van der Waals surface area contributed by atoms with Crippen molar-refractivity contribution in [2.75, 3.05) is 20.2 Å². The molecule has 1 aromatic carbocycles. The summed E-state index contributed by atoms with van der Waals surface area (Å²) >= 11 is 12.4. The highest BCUT2D eigenvalue weighted by atomic mass is 35.5. The van der Waals surface area contributed by atoms with Gasteiger partial charge in [0.05, 0.1) is 10.0 Å². The van der Waals surface area contributed by atoms with Crippen molar-refractivity contribution in [3.8, 4) is 0 Å². The number of likely N-dealkylation sites (N-methyl/N-ethyl adjacent to an activating group) is 1. The zero-order valence-corrected chi connectivity index (χ0v) is 15.2. The third kappa shape index (κ3) is 3.46. The molecule has 22 heavy (non-hydrogen) atoms. The lowest BCUT2D eigenvalue weighted by Crippen LogP contribution is -2.46. The van der Waals surface area contributed by atoms with Crippen LogP contribution in [0.2, 0.25) is 10.0 Å². The molecule has 4 unspecified atom stereocenters. The van der Waals surface area contributed by atoms with E-state index in [1.54, 1.807) is 0 Å². The highest BCUT2D eigenvalue weighted by molar-refractivity contribution is 6.42. The van der Waals surface area contributed by atoms with Crippen LogP contribution in [0.15, 0.2) is 18.2 Å². The lowest BCUT2D eigenvalue weighted by atomic mass is 9.64. The number of hydrogen-bond donors (Lipinski definition) is 2. The van der Waals surface area contributed by atoms with Crippen LogP contribution in [0.3, 0.4) is 0 Å². The summed E-state index contributed by atoms with van der Waals surface area (Å²) in [7, 11) is 1.98. The van der Waals surface area contributed by atoms with Gasteiger partial charge < -0.3 is 10.4 Å². The first-order chi connectivity index (χ1) is 10.4. The van der Waals surface area contributed by atoms with Crippen LogP contribution in [0.4, 0.5) is 0 Å². The molecule has 0 radical (unpaired) electrons. The van der Waals surface area contributed by atoms with Gasteiger partial charge in [0, 0.05) is 18.6 Å². The average molecular weight is 344 g/mol. The van der Waals surface area contributed by atoms with Crippen LogP contribution < -0.4 is 5.32 Å². The molecule has 0 spiro atoms. The maximum Gasteiger partial charge on any atom is 0.0595 e. The van der Waals surface area contributed by atoms with Crippen LogP contribution in [0, 0.1) is 17.8 Å². The van der Waals surface area contributed by atoms with E-state index < -0.39 is 0 Å². The van der Waals surface area contributed by atoms with Crippen LogP contribution in [0.1, 0.15) is 38.7 Å². The van der Waals surface area contributed by atoms with Crippen molar-refractivity contribution in [3.63, 3.8) is 0 Å². The molecule has 4 atom stereocenters. The Morgan fingerprint density at radius 1 is 1.27 bits per heavy atom. The summed E-state index contributed by atoms with van der Waals surface area (Å²) in [5, 5.41) is 14.7. The number of rotatable bonds is 4. The average Bonchev–Trinajstić information content (AvgIpc) is 2.59. The van der Waals surface area contributed by atoms with Crippen molar-refractivity contribution < 1.29 is 5.11 Å². The molecule has 0 amide bonds. The van der Waals surface area contributed by atoms with Gasteiger partial charge in [-0.25, -0.2) is 0 Å². The van der Waals surface area contributed by atoms with Gasteiger partial charge in [0.25, 0.3) is 0 Å². The van der Waals surface area contributed by atoms with Crippen molar-refractivity contribution in [1.82, 2.24) is 5.32 Å². The highest BCUT2D eigenvalue weighted by Gasteiger charge is 2.44. The second-order valence-corrected chi connectivity index (χ2v) is 7.78. The van der Waals surface area contributed by atoms with Crippen molar-refractivity contribution in [3.05, 3.63) is 33.8 Å². The molecule has 1 aliphatic rings. The second-order valence-electron chi connectivity index (χ2n) is 6.96. The van der Waals surface area contributed by atoms with Gasteiger partial charge >= 0.3 is 0 Å². The quantitative estimate of drug-likeness (QED) is 0.788. The van der Waals surface area contributed by atoms with Gasteiger partial charge in [-0.05, 0) is 61.8 Å². The molecule has 0 bridgehead atoms. The van der Waals surface area contributed by atoms with Crippen molar-refractivity contribution in [2.24, 2.45) is 17.8 Å². The fourth-order valence-electron chi connectivity index (χ4n) is 4.31. The van der Waals surface area contributed by atoms with Crippen molar-refractivity contribution >= 4 is 23.2 Å². The lowest BCUT2D eigenvalue weighted by molar-refractivity contribution is 0.101. The Balaban J connectivity index is 2.53. The first-order valence-corrected chi connectivity index (χ1v) is 8.91. The number of aliphatic hydroxyl groups is 1. The lowest BCUT2D eigenvalue weighted by Gasteiger charge is -2.42. The number of halogens is 2. The maximum atomic E-state index is 10.1. The minimum absolute atomic E-state index is 0.0953. The Morgan fingerprint density at radius 2 is 2.00 bits per heavy atom. The molecule has 124 valence electrons. The van der Waals surface area contributed by atoms with E-state index in [0.29, 0.717) is 21.9 Å². The molecule has 4 heteroatoms. The Hall–Kier alpha value is -0.280. The number of aliphatic hydroxyl groups excluding tert-OH is 1. The van der Waals surface area contributed by atoms with Gasteiger partial charge in [0.15, 0.2) is 0 Å². The van der Waals surface area contributed by atoms with Crippen LogP contribution >= 0.6 is 23.2 Å². The van der Waals surface area contributed by atoms with E-state index in [1.807, 2.05) is 19.2 Å². The molecule has 1 saturated carbocycles. The van der Waals surface area contributed by atoms with E-state index in [9.17, 15) is 5.11 Å². The normalized spacial score (nSPS) is 32.7. The molecular formula is C18H27Cl2NO. The monoisotopic (exact) mass is 343 g/mol. The predicted octanol–water partition coefficient (Wildman–Crippen LogP) is 4.52. The molecule has 0 saturated heterocycles. The van der Waals surface area contributed by atoms with Crippen molar-refractivity contribution in [2.45, 2.75) is 38.5 Å². The van der Waals surface area contributed by atoms with Gasteiger partial charge in [-0.3, -0.25) is 0 Å². The molecule has 2 rings (SSSR count). The molecule has 1 aromatic rings. The Labute approximate surface area is 144 Å². The highest BCUT2D eigenvalue weighted by Crippen LogP contribution is 2.47.